The molecule has 1 aromatic heterocycles. The molecule has 0 saturated heterocycles. The van der Waals surface area contributed by atoms with E-state index >= 15 is 0 Å². The first-order chi connectivity index (χ1) is 10.2. The van der Waals surface area contributed by atoms with Gasteiger partial charge in [-0.1, -0.05) is 11.6 Å². The van der Waals surface area contributed by atoms with Crippen LogP contribution >= 0.6 is 22.9 Å². The molecule has 21 heavy (non-hydrogen) atoms. The molecule has 0 amide bonds. The van der Waals surface area contributed by atoms with Crippen molar-refractivity contribution in [1.82, 2.24) is 5.43 Å². The molecular formula is C16H18ClFN2S. The fourth-order valence-corrected chi connectivity index (χ4v) is 4.36. The fourth-order valence-electron chi connectivity index (χ4n) is 2.85. The predicted molar refractivity (Wildman–Crippen MR) is 86.1 cm³/mol. The number of rotatable bonds is 4. The number of halogens is 2. The van der Waals surface area contributed by atoms with Crippen LogP contribution in [0.5, 0.6) is 0 Å². The normalized spacial score (nSPS) is 15.8. The van der Waals surface area contributed by atoms with Crippen LogP contribution in [-0.2, 0) is 19.3 Å². The summed E-state index contributed by atoms with van der Waals surface area (Å²) in [5.74, 6) is 5.46. The monoisotopic (exact) mass is 324 g/mol. The van der Waals surface area contributed by atoms with Crippen molar-refractivity contribution in [3.05, 3.63) is 56.0 Å². The van der Waals surface area contributed by atoms with E-state index in [0.717, 1.165) is 12.8 Å². The van der Waals surface area contributed by atoms with Crippen molar-refractivity contribution in [3.63, 3.8) is 0 Å². The van der Waals surface area contributed by atoms with E-state index in [-0.39, 0.29) is 11.9 Å². The van der Waals surface area contributed by atoms with Gasteiger partial charge in [0.15, 0.2) is 0 Å². The standard InChI is InChI=1S/C16H18ClFN2S/c17-12-5-6-13(18)11(7-12)8-14(20-19)16-9-10-3-1-2-4-15(10)21-16/h5-7,9,14,20H,1-4,8,19H2. The van der Waals surface area contributed by atoms with Gasteiger partial charge < -0.3 is 0 Å². The lowest BCUT2D eigenvalue weighted by molar-refractivity contribution is 0.535. The third-order valence-electron chi connectivity index (χ3n) is 3.99. The smallest absolute Gasteiger partial charge is 0.126 e. The average Bonchev–Trinajstić information content (AvgIpc) is 2.91. The van der Waals surface area contributed by atoms with Crippen LogP contribution < -0.4 is 11.3 Å². The van der Waals surface area contributed by atoms with Crippen LogP contribution in [-0.4, -0.2) is 0 Å². The van der Waals surface area contributed by atoms with E-state index in [1.54, 1.807) is 23.5 Å². The zero-order valence-electron chi connectivity index (χ0n) is 11.7. The van der Waals surface area contributed by atoms with Crippen LogP contribution in [0.25, 0.3) is 0 Å². The average molecular weight is 325 g/mol. The molecule has 1 aromatic carbocycles. The van der Waals surface area contributed by atoms with Crippen LogP contribution in [0, 0.1) is 5.82 Å². The highest BCUT2D eigenvalue weighted by atomic mass is 35.5. The summed E-state index contributed by atoms with van der Waals surface area (Å²) in [6, 6.07) is 6.80. The van der Waals surface area contributed by atoms with Crippen molar-refractivity contribution in [1.29, 1.82) is 0 Å². The van der Waals surface area contributed by atoms with Crippen molar-refractivity contribution in [2.45, 2.75) is 38.1 Å². The molecule has 3 rings (SSSR count). The number of thiophene rings is 1. The molecule has 2 aromatic rings. The quantitative estimate of drug-likeness (QED) is 0.654. The van der Waals surface area contributed by atoms with Gasteiger partial charge in [0.1, 0.15) is 5.82 Å². The Labute approximate surface area is 133 Å². The van der Waals surface area contributed by atoms with E-state index in [4.69, 9.17) is 17.4 Å². The first-order valence-corrected chi connectivity index (χ1v) is 8.38. The third-order valence-corrected chi connectivity index (χ3v) is 5.58. The number of nitrogens with one attached hydrogen (secondary N) is 1. The summed E-state index contributed by atoms with van der Waals surface area (Å²) in [5, 5.41) is 0.549. The molecule has 1 aliphatic carbocycles. The molecule has 3 N–H and O–H groups in total. The maximum Gasteiger partial charge on any atom is 0.126 e. The van der Waals surface area contributed by atoms with Crippen LogP contribution in [0.15, 0.2) is 24.3 Å². The Balaban J connectivity index is 1.84. The Morgan fingerprint density at radius 3 is 2.86 bits per heavy atom. The van der Waals surface area contributed by atoms with Crippen LogP contribution in [0.2, 0.25) is 5.02 Å². The minimum atomic E-state index is -0.235. The van der Waals surface area contributed by atoms with Gasteiger partial charge in [-0.15, -0.1) is 11.3 Å². The molecular weight excluding hydrogens is 307 g/mol. The second-order valence-corrected chi connectivity index (χ2v) is 7.07. The number of nitrogens with two attached hydrogens (primary N) is 1. The zero-order chi connectivity index (χ0) is 14.8. The summed E-state index contributed by atoms with van der Waals surface area (Å²) in [6.45, 7) is 0. The van der Waals surface area contributed by atoms with Gasteiger partial charge in [0.05, 0.1) is 6.04 Å². The third kappa shape index (κ3) is 3.29. The largest absolute Gasteiger partial charge is 0.271 e. The zero-order valence-corrected chi connectivity index (χ0v) is 13.2. The lowest BCUT2D eigenvalue weighted by Gasteiger charge is -2.15. The van der Waals surface area contributed by atoms with Crippen molar-refractivity contribution in [3.8, 4) is 0 Å². The lowest BCUT2D eigenvalue weighted by atomic mass is 9.98. The Bertz CT molecular complexity index is 618. The van der Waals surface area contributed by atoms with Crippen molar-refractivity contribution < 1.29 is 4.39 Å². The summed E-state index contributed by atoms with van der Waals surface area (Å²) in [7, 11) is 0. The van der Waals surface area contributed by atoms with E-state index < -0.39 is 0 Å². The van der Waals surface area contributed by atoms with Crippen molar-refractivity contribution >= 4 is 22.9 Å². The van der Waals surface area contributed by atoms with E-state index in [0.29, 0.717) is 17.0 Å². The Morgan fingerprint density at radius 1 is 1.29 bits per heavy atom. The number of hydrogen-bond donors (Lipinski definition) is 2. The van der Waals surface area contributed by atoms with Gasteiger partial charge in [-0.3, -0.25) is 11.3 Å². The van der Waals surface area contributed by atoms with E-state index in [2.05, 4.69) is 11.5 Å². The molecule has 0 fully saturated rings. The second-order valence-electron chi connectivity index (χ2n) is 5.46. The molecule has 0 aliphatic heterocycles. The highest BCUT2D eigenvalue weighted by Gasteiger charge is 2.20. The molecule has 0 spiro atoms. The maximum atomic E-state index is 13.9. The summed E-state index contributed by atoms with van der Waals surface area (Å²) >= 11 is 7.76. The van der Waals surface area contributed by atoms with Gasteiger partial charge >= 0.3 is 0 Å². The Kier molecular flexibility index (Phi) is 4.60. The minimum absolute atomic E-state index is 0.0754. The predicted octanol–water partition coefficient (Wildman–Crippen LogP) is 4.17. The van der Waals surface area contributed by atoms with Crippen LogP contribution in [0.1, 0.15) is 39.8 Å². The van der Waals surface area contributed by atoms with Gasteiger partial charge in [0.25, 0.3) is 0 Å². The number of aryl methyl sites for hydroxylation is 2. The van der Waals surface area contributed by atoms with E-state index in [1.807, 2.05) is 0 Å². The molecule has 1 unspecified atom stereocenters. The molecule has 112 valence electrons. The molecule has 0 radical (unpaired) electrons. The van der Waals surface area contributed by atoms with Gasteiger partial charge in [-0.25, -0.2) is 4.39 Å². The summed E-state index contributed by atoms with van der Waals surface area (Å²) in [4.78, 5) is 2.65. The molecule has 0 bridgehead atoms. The molecule has 1 aliphatic rings. The minimum Gasteiger partial charge on any atom is -0.271 e. The first kappa shape index (κ1) is 15.0. The molecule has 0 saturated carbocycles. The highest BCUT2D eigenvalue weighted by molar-refractivity contribution is 7.12. The summed E-state index contributed by atoms with van der Waals surface area (Å²) in [6.07, 6.45) is 5.32. The van der Waals surface area contributed by atoms with Crippen molar-refractivity contribution in [2.24, 2.45) is 5.84 Å². The van der Waals surface area contributed by atoms with E-state index in [9.17, 15) is 4.39 Å². The number of benzene rings is 1. The molecule has 1 heterocycles. The van der Waals surface area contributed by atoms with Crippen LogP contribution in [0.3, 0.4) is 0 Å². The summed E-state index contributed by atoms with van der Waals surface area (Å²) < 4.78 is 13.9. The SMILES string of the molecule is NNC(Cc1cc(Cl)ccc1F)c1cc2c(s1)CCCC2. The van der Waals surface area contributed by atoms with Gasteiger partial charge in [0.2, 0.25) is 0 Å². The highest BCUT2D eigenvalue weighted by Crippen LogP contribution is 2.34. The molecule has 1 atom stereocenters. The van der Waals surface area contributed by atoms with Crippen LogP contribution in [0.4, 0.5) is 4.39 Å². The molecule has 2 nitrogen and oxygen atoms in total. The second kappa shape index (κ2) is 6.44. The maximum absolute atomic E-state index is 13.9. The first-order valence-electron chi connectivity index (χ1n) is 7.19. The number of hydrogen-bond acceptors (Lipinski definition) is 3. The Morgan fingerprint density at radius 2 is 2.10 bits per heavy atom. The van der Waals surface area contributed by atoms with E-state index in [1.165, 1.54) is 34.2 Å². The summed E-state index contributed by atoms with van der Waals surface area (Å²) in [5.41, 5.74) is 4.86. The Hall–Kier alpha value is -0.940. The van der Waals surface area contributed by atoms with Gasteiger partial charge in [-0.05, 0) is 67.5 Å². The van der Waals surface area contributed by atoms with Crippen molar-refractivity contribution in [2.75, 3.05) is 0 Å². The number of fused-ring (bicyclic) bond motifs is 1. The van der Waals surface area contributed by atoms with Gasteiger partial charge in [-0.2, -0.15) is 0 Å². The number of hydrazine groups is 1. The topological polar surface area (TPSA) is 38.0 Å². The lowest BCUT2D eigenvalue weighted by Crippen LogP contribution is -2.29. The fraction of sp³-hybridized carbons (Fsp3) is 0.375. The molecule has 5 heteroatoms. The van der Waals surface area contributed by atoms with Gasteiger partial charge in [0, 0.05) is 14.8 Å².